The van der Waals surface area contributed by atoms with Gasteiger partial charge in [-0.15, -0.1) is 0 Å². The van der Waals surface area contributed by atoms with Gasteiger partial charge in [0.15, 0.2) is 0 Å². The molecule has 0 aliphatic heterocycles. The second-order valence-corrected chi connectivity index (χ2v) is 26.8. The van der Waals surface area contributed by atoms with Crippen LogP contribution < -0.4 is 0 Å². The summed E-state index contributed by atoms with van der Waals surface area (Å²) in [6.45, 7) is 14.8. The van der Waals surface area contributed by atoms with Gasteiger partial charge in [0.25, 0.3) is 0 Å². The summed E-state index contributed by atoms with van der Waals surface area (Å²) in [5, 5.41) is 0. The Morgan fingerprint density at radius 2 is 0.846 bits per heavy atom. The first-order valence-corrected chi connectivity index (χ1v) is 19.2. The van der Waals surface area contributed by atoms with E-state index >= 15 is 0 Å². The van der Waals surface area contributed by atoms with E-state index in [1.54, 1.807) is 11.6 Å². The molecule has 0 saturated carbocycles. The number of rotatable bonds is 6. The van der Waals surface area contributed by atoms with Crippen molar-refractivity contribution in [1.82, 2.24) is 0 Å². The molecule has 0 radical (unpaired) electrons. The Labute approximate surface area is 96.6 Å². The molecule has 0 heterocycles. The molecule has 0 aromatic rings. The fraction of sp³-hybridized carbons (Fsp3) is 1.00. The zero-order valence-corrected chi connectivity index (χ0v) is 16.1. The fourth-order valence-electron chi connectivity index (χ4n) is 1.33. The van der Waals surface area contributed by atoms with E-state index in [0.29, 0.717) is 23.8 Å². The first-order chi connectivity index (χ1) is 5.91. The summed E-state index contributed by atoms with van der Waals surface area (Å²) in [5.74, 6) is 0. The van der Waals surface area contributed by atoms with E-state index in [0.717, 1.165) is 0 Å². The van der Waals surface area contributed by atoms with Crippen LogP contribution >= 0.6 is 23.8 Å². The Bertz CT molecular complexity index is 102. The molecule has 0 amide bonds. The maximum atomic E-state index is 2.47. The third-order valence-corrected chi connectivity index (χ3v) is 38.1. The summed E-state index contributed by atoms with van der Waals surface area (Å²) < 4.78 is 5.14. The molecular formula is C9H24BiP3. The summed E-state index contributed by atoms with van der Waals surface area (Å²) in [6, 6.07) is 0. The van der Waals surface area contributed by atoms with Crippen LogP contribution in [-0.4, -0.2) is 73.3 Å². The van der Waals surface area contributed by atoms with Crippen LogP contribution in [0.25, 0.3) is 0 Å². The van der Waals surface area contributed by atoms with E-state index in [1.165, 1.54) is 0 Å². The predicted octanol–water partition coefficient (Wildman–Crippen LogP) is 3.32. The molecule has 13 heavy (non-hydrogen) atoms. The average molecular weight is 434 g/mol. The number of hydrogen-bond donors (Lipinski definition) is 0. The predicted molar refractivity (Wildman–Crippen MR) is 76.7 cm³/mol. The first kappa shape index (κ1) is 15.2. The third-order valence-electron chi connectivity index (χ3n) is 1.45. The van der Waals surface area contributed by atoms with Crippen molar-refractivity contribution in [2.45, 2.75) is 0 Å². The molecule has 0 aliphatic carbocycles. The molecule has 0 aromatic heterocycles. The Hall–Kier alpha value is 2.17. The quantitative estimate of drug-likeness (QED) is 0.445. The van der Waals surface area contributed by atoms with Gasteiger partial charge in [0.2, 0.25) is 0 Å². The summed E-state index contributed by atoms with van der Waals surface area (Å²) in [6.07, 6.45) is 0. The van der Waals surface area contributed by atoms with Crippen molar-refractivity contribution in [2.75, 3.05) is 51.6 Å². The van der Waals surface area contributed by atoms with Crippen LogP contribution in [0.1, 0.15) is 0 Å². The topological polar surface area (TPSA) is 0 Å². The molecule has 0 fully saturated rings. The van der Waals surface area contributed by atoms with Gasteiger partial charge in [-0.2, -0.15) is 0 Å². The normalized spacial score (nSPS) is 12.5. The van der Waals surface area contributed by atoms with E-state index in [1.807, 2.05) is 0 Å². The molecule has 80 valence electrons. The van der Waals surface area contributed by atoms with E-state index < -0.39 is 21.8 Å². The van der Waals surface area contributed by atoms with Crippen LogP contribution in [-0.2, 0) is 0 Å². The second kappa shape index (κ2) is 8.34. The minimum absolute atomic E-state index is 0.410. The van der Waals surface area contributed by atoms with Gasteiger partial charge < -0.3 is 0 Å². The Balaban J connectivity index is 3.87. The van der Waals surface area contributed by atoms with Crippen molar-refractivity contribution < 1.29 is 0 Å². The van der Waals surface area contributed by atoms with E-state index in [2.05, 4.69) is 40.0 Å². The van der Waals surface area contributed by atoms with E-state index in [4.69, 9.17) is 0 Å². The van der Waals surface area contributed by atoms with Crippen LogP contribution in [0.15, 0.2) is 0 Å². The summed E-state index contributed by atoms with van der Waals surface area (Å²) in [5.41, 5.74) is 0. The molecule has 0 bridgehead atoms. The first-order valence-electron chi connectivity index (χ1n) is 4.58. The Morgan fingerprint density at radius 3 is 1.00 bits per heavy atom. The zero-order valence-electron chi connectivity index (χ0n) is 9.91. The van der Waals surface area contributed by atoms with Crippen LogP contribution in [0.3, 0.4) is 0 Å². The van der Waals surface area contributed by atoms with Crippen LogP contribution in [0, 0.1) is 0 Å². The van der Waals surface area contributed by atoms with Crippen LogP contribution in [0.2, 0.25) is 0 Å². The molecule has 4 heteroatoms. The van der Waals surface area contributed by atoms with Gasteiger partial charge in [0, 0.05) is 0 Å². The maximum absolute atomic E-state index is 2.47. The van der Waals surface area contributed by atoms with Crippen LogP contribution in [0.4, 0.5) is 0 Å². The summed E-state index contributed by atoms with van der Waals surface area (Å²) in [7, 11) is 1.23. The van der Waals surface area contributed by atoms with Gasteiger partial charge in [-0.25, -0.2) is 0 Å². The fourth-order valence-corrected chi connectivity index (χ4v) is 42.2. The van der Waals surface area contributed by atoms with Crippen molar-refractivity contribution >= 4 is 45.5 Å². The summed E-state index contributed by atoms with van der Waals surface area (Å²) >= 11 is -0.958. The van der Waals surface area contributed by atoms with Crippen molar-refractivity contribution in [3.63, 3.8) is 0 Å². The van der Waals surface area contributed by atoms with Crippen LogP contribution in [0.5, 0.6) is 0 Å². The average Bonchev–Trinajstić information content (AvgIpc) is 1.80. The van der Waals surface area contributed by atoms with E-state index in [-0.39, 0.29) is 0 Å². The van der Waals surface area contributed by atoms with Gasteiger partial charge in [-0.3, -0.25) is 0 Å². The molecule has 0 spiro atoms. The van der Waals surface area contributed by atoms with Gasteiger partial charge in [0.1, 0.15) is 0 Å². The monoisotopic (exact) mass is 434 g/mol. The SMILES string of the molecule is CP(C)[CH2][Bi]([CH2]P(C)C)[CH2]P(C)C. The van der Waals surface area contributed by atoms with E-state index in [9.17, 15) is 0 Å². The molecule has 0 nitrogen and oxygen atoms in total. The zero-order chi connectivity index (χ0) is 10.4. The van der Waals surface area contributed by atoms with Gasteiger partial charge in [-0.1, -0.05) is 0 Å². The number of hydrogen-bond acceptors (Lipinski definition) is 0. The summed E-state index contributed by atoms with van der Waals surface area (Å²) in [4.78, 5) is 0. The molecule has 0 aromatic carbocycles. The van der Waals surface area contributed by atoms with Gasteiger partial charge >= 0.3 is 97.1 Å². The Kier molecular flexibility index (Phi) is 9.73. The molecular weight excluding hydrogens is 410 g/mol. The van der Waals surface area contributed by atoms with Crippen molar-refractivity contribution in [2.24, 2.45) is 0 Å². The minimum atomic E-state index is -0.958. The molecule has 0 saturated heterocycles. The van der Waals surface area contributed by atoms with Gasteiger partial charge in [0.05, 0.1) is 0 Å². The third kappa shape index (κ3) is 10.5. The molecule has 0 aliphatic rings. The second-order valence-electron chi connectivity index (χ2n) is 4.33. The van der Waals surface area contributed by atoms with Gasteiger partial charge in [-0.05, 0) is 0 Å². The van der Waals surface area contributed by atoms with Crippen molar-refractivity contribution in [1.29, 1.82) is 0 Å². The molecule has 0 atom stereocenters. The standard InChI is InChI=1S/3C3H8P.Bi/c3*1-4(2)3;/h3*1H2,2-3H3;. The molecule has 0 rings (SSSR count). The van der Waals surface area contributed by atoms with Crippen molar-refractivity contribution in [3.8, 4) is 0 Å². The Morgan fingerprint density at radius 1 is 0.615 bits per heavy atom. The van der Waals surface area contributed by atoms with Crippen molar-refractivity contribution in [3.05, 3.63) is 0 Å². The molecule has 0 unspecified atom stereocenters. The molecule has 0 N–H and O–H groups in total.